The third-order valence-electron chi connectivity index (χ3n) is 4.14. The van der Waals surface area contributed by atoms with Gasteiger partial charge in [-0.1, -0.05) is 0 Å². The SMILES string of the molecule is O=S1(=O)CC(O)C(N2CCC3(CC2)OCCO3)C1. The van der Waals surface area contributed by atoms with Crippen LogP contribution in [-0.4, -0.2) is 74.2 Å². The molecule has 0 aromatic rings. The zero-order valence-electron chi connectivity index (χ0n) is 10.2. The van der Waals surface area contributed by atoms with Gasteiger partial charge >= 0.3 is 0 Å². The van der Waals surface area contributed by atoms with E-state index >= 15 is 0 Å². The van der Waals surface area contributed by atoms with E-state index in [-0.39, 0.29) is 17.5 Å². The van der Waals surface area contributed by atoms with Gasteiger partial charge in [0.05, 0.1) is 36.9 Å². The quantitative estimate of drug-likeness (QED) is 0.661. The molecule has 6 nitrogen and oxygen atoms in total. The van der Waals surface area contributed by atoms with E-state index in [2.05, 4.69) is 4.90 Å². The summed E-state index contributed by atoms with van der Waals surface area (Å²) in [5, 5.41) is 9.85. The number of rotatable bonds is 1. The highest BCUT2D eigenvalue weighted by molar-refractivity contribution is 7.91. The van der Waals surface area contributed by atoms with Gasteiger partial charge in [0.15, 0.2) is 15.6 Å². The average Bonchev–Trinajstić information content (AvgIpc) is 2.85. The minimum absolute atomic E-state index is 0.0723. The van der Waals surface area contributed by atoms with Crippen LogP contribution < -0.4 is 0 Å². The van der Waals surface area contributed by atoms with Gasteiger partial charge in [0.25, 0.3) is 0 Å². The van der Waals surface area contributed by atoms with Crippen molar-refractivity contribution >= 4 is 9.84 Å². The van der Waals surface area contributed by atoms with Crippen molar-refractivity contribution in [2.75, 3.05) is 37.8 Å². The zero-order chi connectivity index (χ0) is 12.8. The van der Waals surface area contributed by atoms with E-state index in [0.29, 0.717) is 13.2 Å². The molecule has 1 spiro atoms. The van der Waals surface area contributed by atoms with Gasteiger partial charge in [-0.05, 0) is 0 Å². The maximum Gasteiger partial charge on any atom is 0.170 e. The summed E-state index contributed by atoms with van der Waals surface area (Å²) in [4.78, 5) is 2.06. The van der Waals surface area contributed by atoms with Crippen molar-refractivity contribution in [1.82, 2.24) is 4.90 Å². The van der Waals surface area contributed by atoms with Crippen molar-refractivity contribution in [3.8, 4) is 0 Å². The van der Waals surface area contributed by atoms with Crippen LogP contribution in [0.3, 0.4) is 0 Å². The monoisotopic (exact) mass is 277 g/mol. The number of aliphatic hydroxyl groups excluding tert-OH is 1. The number of sulfone groups is 1. The van der Waals surface area contributed by atoms with E-state index in [1.165, 1.54) is 0 Å². The van der Waals surface area contributed by atoms with Gasteiger partial charge in [-0.2, -0.15) is 0 Å². The molecular formula is C11H19NO5S. The lowest BCUT2D eigenvalue weighted by Gasteiger charge is -2.40. The standard InChI is InChI=1S/C11H19NO5S/c13-10-8-18(14,15)7-9(10)12-3-1-11(2-4-12)16-5-6-17-11/h9-10,13H,1-8H2. The van der Waals surface area contributed by atoms with Crippen LogP contribution in [0.4, 0.5) is 0 Å². The maximum absolute atomic E-state index is 11.5. The first-order valence-electron chi connectivity index (χ1n) is 6.40. The van der Waals surface area contributed by atoms with E-state index in [1.54, 1.807) is 0 Å². The summed E-state index contributed by atoms with van der Waals surface area (Å²) in [6.45, 7) is 2.72. The number of hydrogen-bond acceptors (Lipinski definition) is 6. The lowest BCUT2D eigenvalue weighted by molar-refractivity contribution is -0.189. The average molecular weight is 277 g/mol. The maximum atomic E-state index is 11.5. The fraction of sp³-hybridized carbons (Fsp3) is 1.00. The minimum Gasteiger partial charge on any atom is -0.390 e. The van der Waals surface area contributed by atoms with Crippen LogP contribution in [0.5, 0.6) is 0 Å². The van der Waals surface area contributed by atoms with Crippen LogP contribution in [0.1, 0.15) is 12.8 Å². The van der Waals surface area contributed by atoms with E-state index in [0.717, 1.165) is 25.9 Å². The van der Waals surface area contributed by atoms with Crippen LogP contribution in [0.15, 0.2) is 0 Å². The topological polar surface area (TPSA) is 76.1 Å². The Morgan fingerprint density at radius 3 is 2.22 bits per heavy atom. The second-order valence-corrected chi connectivity index (χ2v) is 7.51. The summed E-state index contributed by atoms with van der Waals surface area (Å²) in [6.07, 6.45) is 0.737. The molecule has 3 saturated heterocycles. The van der Waals surface area contributed by atoms with Crippen molar-refractivity contribution in [3.05, 3.63) is 0 Å². The number of piperidine rings is 1. The van der Waals surface area contributed by atoms with Crippen molar-refractivity contribution in [2.24, 2.45) is 0 Å². The van der Waals surface area contributed by atoms with Gasteiger partial charge in [0, 0.05) is 25.9 Å². The Kier molecular flexibility index (Phi) is 3.14. The second kappa shape index (κ2) is 4.42. The van der Waals surface area contributed by atoms with Gasteiger partial charge < -0.3 is 14.6 Å². The molecule has 3 aliphatic rings. The molecule has 0 bridgehead atoms. The molecule has 0 amide bonds. The molecule has 18 heavy (non-hydrogen) atoms. The molecule has 0 aliphatic carbocycles. The fourth-order valence-corrected chi connectivity index (χ4v) is 4.97. The first-order valence-corrected chi connectivity index (χ1v) is 8.22. The number of nitrogens with zero attached hydrogens (tertiary/aromatic N) is 1. The highest BCUT2D eigenvalue weighted by Crippen LogP contribution is 2.33. The van der Waals surface area contributed by atoms with E-state index in [9.17, 15) is 13.5 Å². The number of ether oxygens (including phenoxy) is 2. The molecule has 0 radical (unpaired) electrons. The summed E-state index contributed by atoms with van der Waals surface area (Å²) in [5.74, 6) is -0.478. The predicted molar refractivity (Wildman–Crippen MR) is 63.9 cm³/mol. The molecule has 2 atom stereocenters. The van der Waals surface area contributed by atoms with Crippen molar-refractivity contribution in [2.45, 2.75) is 30.8 Å². The van der Waals surface area contributed by atoms with Crippen LogP contribution in [0.2, 0.25) is 0 Å². The molecule has 1 N–H and O–H groups in total. The third kappa shape index (κ3) is 2.30. The van der Waals surface area contributed by atoms with Crippen LogP contribution in [0.25, 0.3) is 0 Å². The molecule has 3 heterocycles. The van der Waals surface area contributed by atoms with Crippen LogP contribution in [-0.2, 0) is 19.3 Å². The Morgan fingerprint density at radius 2 is 1.72 bits per heavy atom. The van der Waals surface area contributed by atoms with Crippen molar-refractivity contribution < 1.29 is 23.0 Å². The van der Waals surface area contributed by atoms with E-state index in [1.807, 2.05) is 0 Å². The largest absolute Gasteiger partial charge is 0.390 e. The molecule has 104 valence electrons. The molecular weight excluding hydrogens is 258 g/mol. The first kappa shape index (κ1) is 12.8. The Labute approximate surface area is 107 Å². The van der Waals surface area contributed by atoms with Gasteiger partial charge in [0.2, 0.25) is 0 Å². The minimum atomic E-state index is -3.08. The molecule has 0 aromatic carbocycles. The Morgan fingerprint density at radius 1 is 1.11 bits per heavy atom. The fourth-order valence-electron chi connectivity index (χ4n) is 3.14. The lowest BCUT2D eigenvalue weighted by Crippen LogP contribution is -2.52. The summed E-state index contributed by atoms with van der Waals surface area (Å²) >= 11 is 0. The van der Waals surface area contributed by atoms with E-state index < -0.39 is 21.7 Å². The summed E-state index contributed by atoms with van der Waals surface area (Å²) < 4.78 is 34.3. The number of aliphatic hydroxyl groups is 1. The normalized spacial score (nSPS) is 39.4. The summed E-state index contributed by atoms with van der Waals surface area (Å²) in [7, 11) is -3.08. The van der Waals surface area contributed by atoms with Crippen LogP contribution in [0, 0.1) is 0 Å². The number of hydrogen-bond donors (Lipinski definition) is 1. The van der Waals surface area contributed by atoms with Crippen molar-refractivity contribution in [3.63, 3.8) is 0 Å². The molecule has 7 heteroatoms. The second-order valence-electron chi connectivity index (χ2n) is 5.36. The molecule has 2 unspecified atom stereocenters. The Bertz CT molecular complexity index is 407. The van der Waals surface area contributed by atoms with Gasteiger partial charge in [-0.3, -0.25) is 4.90 Å². The highest BCUT2D eigenvalue weighted by Gasteiger charge is 2.45. The van der Waals surface area contributed by atoms with Gasteiger partial charge in [0.1, 0.15) is 0 Å². The Hall–Kier alpha value is -0.210. The smallest absolute Gasteiger partial charge is 0.170 e. The third-order valence-corrected chi connectivity index (χ3v) is 5.83. The van der Waals surface area contributed by atoms with Gasteiger partial charge in [-0.15, -0.1) is 0 Å². The van der Waals surface area contributed by atoms with Gasteiger partial charge in [-0.25, -0.2) is 8.42 Å². The first-order chi connectivity index (χ1) is 8.50. The van der Waals surface area contributed by atoms with E-state index in [4.69, 9.17) is 9.47 Å². The molecule has 0 saturated carbocycles. The van der Waals surface area contributed by atoms with Crippen molar-refractivity contribution in [1.29, 1.82) is 0 Å². The Balaban J connectivity index is 1.63. The zero-order valence-corrected chi connectivity index (χ0v) is 11.1. The molecule has 3 fully saturated rings. The highest BCUT2D eigenvalue weighted by atomic mass is 32.2. The lowest BCUT2D eigenvalue weighted by atomic mass is 10.0. The predicted octanol–water partition coefficient (Wildman–Crippen LogP) is -1.02. The summed E-state index contributed by atoms with van der Waals surface area (Å²) in [5.41, 5.74) is 0. The molecule has 3 rings (SSSR count). The molecule has 0 aromatic heterocycles. The number of likely N-dealkylation sites (tertiary alicyclic amines) is 1. The molecule has 3 aliphatic heterocycles. The van der Waals surface area contributed by atoms with Crippen LogP contribution >= 0.6 is 0 Å². The summed E-state index contributed by atoms with van der Waals surface area (Å²) in [6, 6.07) is -0.256.